The van der Waals surface area contributed by atoms with Gasteiger partial charge in [-0.1, -0.05) is 18.3 Å². The molecule has 1 heterocycles. The van der Waals surface area contributed by atoms with Gasteiger partial charge in [-0.2, -0.15) is 9.97 Å². The zero-order chi connectivity index (χ0) is 16.4. The second-order valence-electron chi connectivity index (χ2n) is 4.08. The predicted octanol–water partition coefficient (Wildman–Crippen LogP) is 3.80. The SMILES string of the molecule is CCCS[P@@](=S)(OC)OCc1cc(OCC)nc(OCC)n1. The van der Waals surface area contributed by atoms with E-state index in [4.69, 9.17) is 30.3 Å². The summed E-state index contributed by atoms with van der Waals surface area (Å²) in [4.78, 5) is 8.45. The lowest BCUT2D eigenvalue weighted by Crippen LogP contribution is -2.04. The van der Waals surface area contributed by atoms with Gasteiger partial charge in [-0.15, -0.1) is 0 Å². The molecule has 0 aliphatic rings. The molecule has 22 heavy (non-hydrogen) atoms. The molecule has 0 saturated carbocycles. The first-order valence-corrected chi connectivity index (χ1v) is 11.4. The van der Waals surface area contributed by atoms with Gasteiger partial charge in [0, 0.05) is 18.9 Å². The Balaban J connectivity index is 2.80. The zero-order valence-corrected chi connectivity index (χ0v) is 15.9. The first-order chi connectivity index (χ1) is 10.6. The summed E-state index contributed by atoms with van der Waals surface area (Å²) in [5.41, 5.74) is -1.68. The van der Waals surface area contributed by atoms with Crippen molar-refractivity contribution in [2.45, 2.75) is 33.8 Å². The number of hydrogen-bond acceptors (Lipinski definition) is 8. The van der Waals surface area contributed by atoms with Gasteiger partial charge in [0.15, 0.2) is 0 Å². The second-order valence-corrected chi connectivity index (χ2v) is 10.6. The van der Waals surface area contributed by atoms with E-state index in [0.717, 1.165) is 12.2 Å². The van der Waals surface area contributed by atoms with E-state index < -0.39 is 5.69 Å². The Morgan fingerprint density at radius 1 is 1.18 bits per heavy atom. The van der Waals surface area contributed by atoms with Crippen molar-refractivity contribution in [3.8, 4) is 11.9 Å². The lowest BCUT2D eigenvalue weighted by atomic mass is 10.4. The van der Waals surface area contributed by atoms with Crippen molar-refractivity contribution in [1.82, 2.24) is 9.97 Å². The van der Waals surface area contributed by atoms with E-state index in [1.54, 1.807) is 24.6 Å². The molecule has 1 atom stereocenters. The van der Waals surface area contributed by atoms with Crippen molar-refractivity contribution in [2.75, 3.05) is 26.1 Å². The van der Waals surface area contributed by atoms with E-state index in [0.29, 0.717) is 24.8 Å². The molecule has 0 radical (unpaired) electrons. The molecule has 1 aromatic rings. The summed E-state index contributed by atoms with van der Waals surface area (Å²) in [5, 5.41) is 0. The van der Waals surface area contributed by atoms with E-state index in [-0.39, 0.29) is 12.6 Å². The average molecular weight is 366 g/mol. The molecule has 0 aromatic carbocycles. The summed E-state index contributed by atoms with van der Waals surface area (Å²) in [6.45, 7) is 7.10. The third-order valence-corrected chi connectivity index (χ3v) is 8.12. The van der Waals surface area contributed by atoms with E-state index in [1.807, 2.05) is 13.8 Å². The Labute approximate surface area is 141 Å². The fraction of sp³-hybridized carbons (Fsp3) is 0.692. The molecule has 9 heteroatoms. The molecule has 1 rings (SSSR count). The minimum Gasteiger partial charge on any atom is -0.478 e. The summed E-state index contributed by atoms with van der Waals surface area (Å²) >= 11 is 7.01. The van der Waals surface area contributed by atoms with E-state index in [1.165, 1.54) is 0 Å². The monoisotopic (exact) mass is 366 g/mol. The minimum absolute atomic E-state index is 0.241. The van der Waals surface area contributed by atoms with Gasteiger partial charge in [0.1, 0.15) is 0 Å². The van der Waals surface area contributed by atoms with Gasteiger partial charge in [-0.3, -0.25) is 0 Å². The standard InChI is InChI=1S/C13H23N2O4PS2/c1-5-8-22-20(21,16-4)19-10-11-9-12(17-6-2)15-13(14-11)18-7-3/h9H,5-8,10H2,1-4H3/t20-/m0/s1. The Morgan fingerprint density at radius 2 is 1.91 bits per heavy atom. The van der Waals surface area contributed by atoms with Crippen LogP contribution in [0.2, 0.25) is 0 Å². The smallest absolute Gasteiger partial charge is 0.320 e. The van der Waals surface area contributed by atoms with Crippen LogP contribution in [0.25, 0.3) is 0 Å². The molecule has 0 saturated heterocycles. The summed E-state index contributed by atoms with van der Waals surface area (Å²) in [5.74, 6) is 1.37. The number of rotatable bonds is 11. The molecular weight excluding hydrogens is 343 g/mol. The lowest BCUT2D eigenvalue weighted by Gasteiger charge is -2.19. The molecule has 0 N–H and O–H groups in total. The van der Waals surface area contributed by atoms with E-state index in [2.05, 4.69) is 16.9 Å². The van der Waals surface area contributed by atoms with Crippen LogP contribution in [-0.4, -0.2) is 36.0 Å². The topological polar surface area (TPSA) is 62.7 Å². The molecule has 0 fully saturated rings. The van der Waals surface area contributed by atoms with Gasteiger partial charge < -0.3 is 18.5 Å². The highest BCUT2D eigenvalue weighted by molar-refractivity contribution is 8.67. The third kappa shape index (κ3) is 6.79. The van der Waals surface area contributed by atoms with Crippen molar-refractivity contribution in [3.63, 3.8) is 0 Å². The molecule has 0 spiro atoms. The van der Waals surface area contributed by atoms with Gasteiger partial charge in [-0.25, -0.2) is 0 Å². The Hall–Kier alpha value is -0.400. The van der Waals surface area contributed by atoms with Crippen molar-refractivity contribution >= 4 is 28.9 Å². The number of aromatic nitrogens is 2. The maximum Gasteiger partial charge on any atom is 0.320 e. The summed E-state index contributed by atoms with van der Waals surface area (Å²) in [6, 6.07) is 2.00. The lowest BCUT2D eigenvalue weighted by molar-refractivity contribution is 0.265. The predicted molar refractivity (Wildman–Crippen MR) is 93.2 cm³/mol. The Kier molecular flexibility index (Phi) is 9.28. The zero-order valence-electron chi connectivity index (χ0n) is 13.4. The molecule has 0 bridgehead atoms. The minimum atomic E-state index is -2.34. The Morgan fingerprint density at radius 3 is 2.50 bits per heavy atom. The van der Waals surface area contributed by atoms with Crippen molar-refractivity contribution in [3.05, 3.63) is 11.8 Å². The molecule has 6 nitrogen and oxygen atoms in total. The molecular formula is C13H23N2O4PS2. The quantitative estimate of drug-likeness (QED) is 0.548. The van der Waals surface area contributed by atoms with E-state index >= 15 is 0 Å². The van der Waals surface area contributed by atoms with Crippen molar-refractivity contribution < 1.29 is 18.5 Å². The molecule has 1 aromatic heterocycles. The first-order valence-electron chi connectivity index (χ1n) is 7.15. The number of ether oxygens (including phenoxy) is 2. The maximum atomic E-state index is 5.80. The van der Waals surface area contributed by atoms with Gasteiger partial charge >= 0.3 is 6.01 Å². The average Bonchev–Trinajstić information content (AvgIpc) is 2.51. The Bertz CT molecular complexity index is 481. The highest BCUT2D eigenvalue weighted by atomic mass is 32.9. The molecule has 126 valence electrons. The van der Waals surface area contributed by atoms with Gasteiger partial charge in [0.05, 0.1) is 25.5 Å². The van der Waals surface area contributed by atoms with Crippen LogP contribution in [0.3, 0.4) is 0 Å². The summed E-state index contributed by atoms with van der Waals surface area (Å²) < 4.78 is 21.9. The van der Waals surface area contributed by atoms with Crippen LogP contribution in [0.5, 0.6) is 11.9 Å². The fourth-order valence-electron chi connectivity index (χ4n) is 1.43. The van der Waals surface area contributed by atoms with Gasteiger partial charge in [0.25, 0.3) is 0 Å². The number of hydrogen-bond donors (Lipinski definition) is 0. The van der Waals surface area contributed by atoms with Crippen LogP contribution < -0.4 is 9.47 Å². The molecule has 0 amide bonds. The second kappa shape index (κ2) is 10.4. The normalized spacial score (nSPS) is 13.6. The van der Waals surface area contributed by atoms with Crippen LogP contribution in [0.4, 0.5) is 0 Å². The summed E-state index contributed by atoms with van der Waals surface area (Å²) in [6.07, 6.45) is 1.02. The van der Waals surface area contributed by atoms with Gasteiger partial charge in [0.2, 0.25) is 11.6 Å². The van der Waals surface area contributed by atoms with Crippen LogP contribution in [0.15, 0.2) is 6.07 Å². The van der Waals surface area contributed by atoms with Crippen LogP contribution in [0, 0.1) is 0 Å². The first kappa shape index (κ1) is 19.6. The van der Waals surface area contributed by atoms with Crippen LogP contribution in [0.1, 0.15) is 32.9 Å². The van der Waals surface area contributed by atoms with Crippen LogP contribution in [-0.2, 0) is 27.5 Å². The largest absolute Gasteiger partial charge is 0.478 e. The summed E-state index contributed by atoms with van der Waals surface area (Å²) in [7, 11) is 1.58. The maximum absolute atomic E-state index is 5.80. The third-order valence-electron chi connectivity index (χ3n) is 2.35. The highest BCUT2D eigenvalue weighted by Crippen LogP contribution is 2.60. The van der Waals surface area contributed by atoms with E-state index in [9.17, 15) is 0 Å². The molecule has 0 aliphatic heterocycles. The fourth-order valence-corrected chi connectivity index (χ4v) is 5.16. The molecule has 0 aliphatic carbocycles. The van der Waals surface area contributed by atoms with Crippen molar-refractivity contribution in [1.29, 1.82) is 0 Å². The highest BCUT2D eigenvalue weighted by Gasteiger charge is 2.19. The van der Waals surface area contributed by atoms with Crippen LogP contribution >= 0.6 is 17.1 Å². The van der Waals surface area contributed by atoms with Gasteiger partial charge in [-0.05, 0) is 32.1 Å². The molecule has 0 unspecified atom stereocenters. The number of nitrogens with zero attached hydrogens (tertiary/aromatic N) is 2. The van der Waals surface area contributed by atoms with Crippen molar-refractivity contribution in [2.24, 2.45) is 0 Å².